The number of aromatic nitrogens is 3. The van der Waals surface area contributed by atoms with E-state index in [4.69, 9.17) is 9.72 Å². The van der Waals surface area contributed by atoms with Crippen LogP contribution < -0.4 is 5.32 Å². The van der Waals surface area contributed by atoms with Crippen LogP contribution in [0.2, 0.25) is 0 Å². The van der Waals surface area contributed by atoms with Gasteiger partial charge in [-0.2, -0.15) is 0 Å². The average molecular weight is 362 g/mol. The van der Waals surface area contributed by atoms with E-state index in [1.165, 1.54) is 11.1 Å². The third-order valence-electron chi connectivity index (χ3n) is 4.34. The second kappa shape index (κ2) is 8.73. The third-order valence-corrected chi connectivity index (χ3v) is 4.34. The minimum absolute atomic E-state index is 0.226. The first kappa shape index (κ1) is 19.0. The fourth-order valence-corrected chi connectivity index (χ4v) is 2.70. The number of hydrogen-bond acceptors (Lipinski definition) is 5. The summed E-state index contributed by atoms with van der Waals surface area (Å²) in [4.78, 5) is 13.5. The molecule has 0 radical (unpaired) electrons. The molecule has 140 valence electrons. The van der Waals surface area contributed by atoms with E-state index in [1.54, 1.807) is 12.4 Å². The Kier molecular flexibility index (Phi) is 6.14. The fourth-order valence-electron chi connectivity index (χ4n) is 2.70. The molecular weight excluding hydrogens is 336 g/mol. The van der Waals surface area contributed by atoms with Gasteiger partial charge in [0.15, 0.2) is 5.82 Å². The number of rotatable bonds is 7. The molecule has 0 bridgehead atoms. The highest BCUT2D eigenvalue weighted by molar-refractivity contribution is 5.58. The van der Waals surface area contributed by atoms with Crippen molar-refractivity contribution in [2.24, 2.45) is 0 Å². The number of aryl methyl sites for hydroxylation is 1. The van der Waals surface area contributed by atoms with Gasteiger partial charge in [0.1, 0.15) is 5.82 Å². The van der Waals surface area contributed by atoms with Gasteiger partial charge in [0.25, 0.3) is 0 Å². The van der Waals surface area contributed by atoms with Gasteiger partial charge in [0, 0.05) is 35.8 Å². The van der Waals surface area contributed by atoms with Gasteiger partial charge in [0.05, 0.1) is 12.7 Å². The molecule has 0 aliphatic heterocycles. The summed E-state index contributed by atoms with van der Waals surface area (Å²) >= 11 is 0. The summed E-state index contributed by atoms with van der Waals surface area (Å²) in [5.74, 6) is 1.54. The number of benzene rings is 1. The van der Waals surface area contributed by atoms with Crippen molar-refractivity contribution in [2.45, 2.75) is 47.0 Å². The average Bonchev–Trinajstić information content (AvgIpc) is 2.68. The SMILES string of the molecule is Cc1nc(-c2cccnc2)nc(NCc2cccc(COC(C)C)c2)c1C. The number of anilines is 1. The Labute approximate surface area is 160 Å². The molecule has 3 aromatic rings. The van der Waals surface area contributed by atoms with Crippen molar-refractivity contribution in [1.29, 1.82) is 0 Å². The topological polar surface area (TPSA) is 59.9 Å². The minimum Gasteiger partial charge on any atom is -0.374 e. The van der Waals surface area contributed by atoms with E-state index in [9.17, 15) is 0 Å². The lowest BCUT2D eigenvalue weighted by Crippen LogP contribution is -2.08. The summed E-state index contributed by atoms with van der Waals surface area (Å²) in [5.41, 5.74) is 5.30. The highest BCUT2D eigenvalue weighted by Gasteiger charge is 2.10. The maximum Gasteiger partial charge on any atom is 0.163 e. The molecule has 27 heavy (non-hydrogen) atoms. The Bertz CT molecular complexity index is 894. The number of nitrogens with one attached hydrogen (secondary N) is 1. The zero-order chi connectivity index (χ0) is 19.2. The van der Waals surface area contributed by atoms with Crippen LogP contribution in [0.15, 0.2) is 48.8 Å². The van der Waals surface area contributed by atoms with E-state index in [0.717, 1.165) is 22.6 Å². The van der Waals surface area contributed by atoms with Crippen molar-refractivity contribution < 1.29 is 4.74 Å². The number of pyridine rings is 1. The molecular formula is C22H26N4O. The lowest BCUT2D eigenvalue weighted by molar-refractivity contribution is 0.0657. The molecule has 0 amide bonds. The molecule has 0 fully saturated rings. The minimum atomic E-state index is 0.226. The Morgan fingerprint density at radius 2 is 1.85 bits per heavy atom. The molecule has 0 aliphatic carbocycles. The first-order valence-corrected chi connectivity index (χ1v) is 9.22. The summed E-state index contributed by atoms with van der Waals surface area (Å²) in [6.07, 6.45) is 3.76. The van der Waals surface area contributed by atoms with Crippen molar-refractivity contribution >= 4 is 5.82 Å². The van der Waals surface area contributed by atoms with Gasteiger partial charge < -0.3 is 10.1 Å². The highest BCUT2D eigenvalue weighted by Crippen LogP contribution is 2.21. The number of nitrogens with zero attached hydrogens (tertiary/aromatic N) is 3. The quantitative estimate of drug-likeness (QED) is 0.660. The summed E-state index contributed by atoms with van der Waals surface area (Å²) in [6.45, 7) is 9.46. The van der Waals surface area contributed by atoms with Crippen molar-refractivity contribution in [2.75, 3.05) is 5.32 Å². The number of hydrogen-bond donors (Lipinski definition) is 1. The van der Waals surface area contributed by atoms with Crippen LogP contribution in [-0.4, -0.2) is 21.1 Å². The van der Waals surface area contributed by atoms with Crippen LogP contribution in [0.25, 0.3) is 11.4 Å². The van der Waals surface area contributed by atoms with Gasteiger partial charge in [-0.3, -0.25) is 4.98 Å². The summed E-state index contributed by atoms with van der Waals surface area (Å²) < 4.78 is 5.70. The second-order valence-electron chi connectivity index (χ2n) is 6.88. The maximum absolute atomic E-state index is 5.70. The van der Waals surface area contributed by atoms with E-state index in [0.29, 0.717) is 19.0 Å². The molecule has 0 saturated carbocycles. The van der Waals surface area contributed by atoms with Crippen LogP contribution in [0.5, 0.6) is 0 Å². The summed E-state index contributed by atoms with van der Waals surface area (Å²) in [7, 11) is 0. The number of ether oxygens (including phenoxy) is 1. The third kappa shape index (κ3) is 5.11. The Hall–Kier alpha value is -2.79. The molecule has 5 nitrogen and oxygen atoms in total. The van der Waals surface area contributed by atoms with Crippen LogP contribution in [0, 0.1) is 13.8 Å². The molecule has 1 N–H and O–H groups in total. The van der Waals surface area contributed by atoms with Crippen molar-refractivity contribution in [3.05, 3.63) is 71.2 Å². The normalized spacial score (nSPS) is 11.0. The fraction of sp³-hybridized carbons (Fsp3) is 0.318. The molecule has 0 aliphatic rings. The molecule has 2 heterocycles. The first-order chi connectivity index (χ1) is 13.0. The van der Waals surface area contributed by atoms with Gasteiger partial charge in [-0.15, -0.1) is 0 Å². The standard InChI is InChI=1S/C22H26N4O/c1-15(2)27-14-19-8-5-7-18(11-19)12-24-21-16(3)17(4)25-22(26-21)20-9-6-10-23-13-20/h5-11,13,15H,12,14H2,1-4H3,(H,24,25,26). The lowest BCUT2D eigenvalue weighted by Gasteiger charge is -2.13. The van der Waals surface area contributed by atoms with Crippen molar-refractivity contribution in [1.82, 2.24) is 15.0 Å². The van der Waals surface area contributed by atoms with Crippen molar-refractivity contribution in [3.8, 4) is 11.4 Å². The van der Waals surface area contributed by atoms with Gasteiger partial charge in [-0.05, 0) is 51.0 Å². The smallest absolute Gasteiger partial charge is 0.163 e. The lowest BCUT2D eigenvalue weighted by atomic mass is 10.1. The summed E-state index contributed by atoms with van der Waals surface area (Å²) in [5, 5.41) is 3.46. The van der Waals surface area contributed by atoms with E-state index in [1.807, 2.05) is 39.8 Å². The molecule has 0 unspecified atom stereocenters. The van der Waals surface area contributed by atoms with Crippen LogP contribution in [-0.2, 0) is 17.9 Å². The van der Waals surface area contributed by atoms with Gasteiger partial charge in [-0.1, -0.05) is 24.3 Å². The summed E-state index contributed by atoms with van der Waals surface area (Å²) in [6, 6.07) is 12.3. The molecule has 5 heteroatoms. The van der Waals surface area contributed by atoms with Gasteiger partial charge in [0.2, 0.25) is 0 Å². The van der Waals surface area contributed by atoms with E-state index < -0.39 is 0 Å². The van der Waals surface area contributed by atoms with Crippen LogP contribution in [0.3, 0.4) is 0 Å². The van der Waals surface area contributed by atoms with E-state index in [2.05, 4.69) is 39.6 Å². The molecule has 3 rings (SSSR count). The molecule has 1 aromatic carbocycles. The Morgan fingerprint density at radius 1 is 1.04 bits per heavy atom. The predicted molar refractivity (Wildman–Crippen MR) is 108 cm³/mol. The van der Waals surface area contributed by atoms with E-state index in [-0.39, 0.29) is 6.10 Å². The van der Waals surface area contributed by atoms with Gasteiger partial charge in [-0.25, -0.2) is 9.97 Å². The van der Waals surface area contributed by atoms with Crippen molar-refractivity contribution in [3.63, 3.8) is 0 Å². The van der Waals surface area contributed by atoms with Crippen LogP contribution in [0.1, 0.15) is 36.2 Å². The van der Waals surface area contributed by atoms with Crippen LogP contribution in [0.4, 0.5) is 5.82 Å². The molecule has 0 atom stereocenters. The van der Waals surface area contributed by atoms with E-state index >= 15 is 0 Å². The van der Waals surface area contributed by atoms with Crippen LogP contribution >= 0.6 is 0 Å². The first-order valence-electron chi connectivity index (χ1n) is 9.22. The largest absolute Gasteiger partial charge is 0.374 e. The molecule has 0 saturated heterocycles. The van der Waals surface area contributed by atoms with Gasteiger partial charge >= 0.3 is 0 Å². The Morgan fingerprint density at radius 3 is 2.59 bits per heavy atom. The maximum atomic E-state index is 5.70. The zero-order valence-corrected chi connectivity index (χ0v) is 16.4. The second-order valence-corrected chi connectivity index (χ2v) is 6.88. The Balaban J connectivity index is 1.76. The molecule has 2 aromatic heterocycles. The predicted octanol–water partition coefficient (Wildman–Crippen LogP) is 4.69. The highest BCUT2D eigenvalue weighted by atomic mass is 16.5. The monoisotopic (exact) mass is 362 g/mol. The molecule has 0 spiro atoms. The zero-order valence-electron chi connectivity index (χ0n) is 16.4.